The maximum Gasteiger partial charge on any atom is 0.242 e. The van der Waals surface area contributed by atoms with E-state index in [9.17, 15) is 4.79 Å². The van der Waals surface area contributed by atoms with Crippen LogP contribution in [0.2, 0.25) is 0 Å². The molecule has 0 aliphatic rings. The maximum atomic E-state index is 11.6. The summed E-state index contributed by atoms with van der Waals surface area (Å²) in [5.41, 5.74) is 7.62. The van der Waals surface area contributed by atoms with Crippen LogP contribution in [0.25, 0.3) is 0 Å². The minimum atomic E-state index is -0.125. The van der Waals surface area contributed by atoms with Crippen LogP contribution in [0.3, 0.4) is 0 Å². The van der Waals surface area contributed by atoms with Crippen molar-refractivity contribution in [3.05, 3.63) is 41.7 Å². The Bertz CT molecular complexity index is 532. The summed E-state index contributed by atoms with van der Waals surface area (Å²) < 4.78 is 1.40. The number of carbonyl (C=O) groups is 1. The van der Waals surface area contributed by atoms with Gasteiger partial charge in [0.2, 0.25) is 11.9 Å². The molecule has 0 aliphatic heterocycles. The fourth-order valence-corrected chi connectivity index (χ4v) is 1.49. The molecule has 0 radical (unpaired) electrons. The van der Waals surface area contributed by atoms with Gasteiger partial charge in [-0.15, -0.1) is 5.10 Å². The number of benzene rings is 1. The summed E-state index contributed by atoms with van der Waals surface area (Å²) in [4.78, 5) is 15.4. The molecule has 0 saturated heterocycles. The predicted octanol–water partition coefficient (Wildman–Crippen LogP) is 0.485. The largest absolute Gasteiger partial charge is 0.367 e. The van der Waals surface area contributed by atoms with E-state index in [0.717, 1.165) is 5.56 Å². The van der Waals surface area contributed by atoms with Crippen molar-refractivity contribution < 1.29 is 4.79 Å². The average Bonchev–Trinajstić information content (AvgIpc) is 2.74. The lowest BCUT2D eigenvalue weighted by Gasteiger charge is -2.05. The Balaban J connectivity index is 1.83. The number of nitrogens with two attached hydrogens (primary N) is 1. The normalized spacial score (nSPS) is 10.3. The Labute approximate surface area is 105 Å². The number of carbonyl (C=O) groups excluding carboxylic acids is 1. The van der Waals surface area contributed by atoms with Gasteiger partial charge in [-0.05, 0) is 12.5 Å². The lowest BCUT2D eigenvalue weighted by atomic mass is 10.1. The predicted molar refractivity (Wildman–Crippen MR) is 67.5 cm³/mol. The van der Waals surface area contributed by atoms with Crippen LogP contribution in [0.5, 0.6) is 0 Å². The first-order valence-electron chi connectivity index (χ1n) is 5.60. The standard InChI is InChI=1S/C12H15N5O/c1-9-2-4-10(5-3-9)6-14-11(18)7-17-8-15-12(13)16-17/h2-5,8H,6-7H2,1H3,(H2,13,16)(H,14,18). The van der Waals surface area contributed by atoms with Crippen LogP contribution in [-0.2, 0) is 17.9 Å². The van der Waals surface area contributed by atoms with Crippen LogP contribution >= 0.6 is 0 Å². The molecule has 6 nitrogen and oxygen atoms in total. The molecule has 0 unspecified atom stereocenters. The molecule has 0 bridgehead atoms. The van der Waals surface area contributed by atoms with Gasteiger partial charge in [0.15, 0.2) is 0 Å². The van der Waals surface area contributed by atoms with Gasteiger partial charge in [0.1, 0.15) is 12.9 Å². The SMILES string of the molecule is Cc1ccc(CNC(=O)Cn2cnc(N)n2)cc1. The van der Waals surface area contributed by atoms with Crippen LogP contribution in [0.15, 0.2) is 30.6 Å². The number of aromatic nitrogens is 3. The lowest BCUT2D eigenvalue weighted by molar-refractivity contribution is -0.122. The Morgan fingerprint density at radius 1 is 1.39 bits per heavy atom. The molecule has 0 fully saturated rings. The van der Waals surface area contributed by atoms with E-state index < -0.39 is 0 Å². The highest BCUT2D eigenvalue weighted by molar-refractivity contribution is 5.75. The third-order valence-electron chi connectivity index (χ3n) is 2.47. The highest BCUT2D eigenvalue weighted by Crippen LogP contribution is 2.02. The zero-order valence-corrected chi connectivity index (χ0v) is 10.1. The Kier molecular flexibility index (Phi) is 3.57. The van der Waals surface area contributed by atoms with Crippen molar-refractivity contribution in [2.45, 2.75) is 20.0 Å². The van der Waals surface area contributed by atoms with Crippen LogP contribution in [0, 0.1) is 6.92 Å². The minimum Gasteiger partial charge on any atom is -0.367 e. The highest BCUT2D eigenvalue weighted by Gasteiger charge is 2.04. The van der Waals surface area contributed by atoms with Gasteiger partial charge in [0.05, 0.1) is 0 Å². The van der Waals surface area contributed by atoms with Gasteiger partial charge < -0.3 is 11.1 Å². The van der Waals surface area contributed by atoms with Crippen molar-refractivity contribution in [3.8, 4) is 0 Å². The third-order valence-corrected chi connectivity index (χ3v) is 2.47. The van der Waals surface area contributed by atoms with Gasteiger partial charge >= 0.3 is 0 Å². The number of rotatable bonds is 4. The molecule has 1 heterocycles. The van der Waals surface area contributed by atoms with E-state index in [-0.39, 0.29) is 18.4 Å². The summed E-state index contributed by atoms with van der Waals surface area (Å²) in [7, 11) is 0. The zero-order valence-electron chi connectivity index (χ0n) is 10.1. The fourth-order valence-electron chi connectivity index (χ4n) is 1.49. The molecular weight excluding hydrogens is 230 g/mol. The van der Waals surface area contributed by atoms with E-state index in [1.165, 1.54) is 16.6 Å². The summed E-state index contributed by atoms with van der Waals surface area (Å²) in [5.74, 6) is 0.0433. The number of amides is 1. The number of hydrogen-bond donors (Lipinski definition) is 2. The smallest absolute Gasteiger partial charge is 0.242 e. The number of nitrogens with zero attached hydrogens (tertiary/aromatic N) is 3. The Morgan fingerprint density at radius 3 is 2.72 bits per heavy atom. The molecule has 94 valence electrons. The van der Waals surface area contributed by atoms with Crippen molar-refractivity contribution in [2.75, 3.05) is 5.73 Å². The molecule has 3 N–H and O–H groups in total. The second-order valence-electron chi connectivity index (χ2n) is 4.06. The van der Waals surface area contributed by atoms with Gasteiger partial charge in [-0.1, -0.05) is 29.8 Å². The first-order chi connectivity index (χ1) is 8.63. The molecule has 2 rings (SSSR count). The molecule has 18 heavy (non-hydrogen) atoms. The molecule has 2 aromatic rings. The first kappa shape index (κ1) is 12.1. The van der Waals surface area contributed by atoms with E-state index in [1.807, 2.05) is 31.2 Å². The van der Waals surface area contributed by atoms with Gasteiger partial charge in [0.25, 0.3) is 0 Å². The molecule has 0 spiro atoms. The topological polar surface area (TPSA) is 85.8 Å². The van der Waals surface area contributed by atoms with E-state index in [2.05, 4.69) is 15.4 Å². The monoisotopic (exact) mass is 245 g/mol. The minimum absolute atomic E-state index is 0.121. The second-order valence-corrected chi connectivity index (χ2v) is 4.06. The van der Waals surface area contributed by atoms with E-state index in [1.54, 1.807) is 0 Å². The zero-order chi connectivity index (χ0) is 13.0. The lowest BCUT2D eigenvalue weighted by Crippen LogP contribution is -2.27. The molecule has 1 aromatic heterocycles. The number of nitrogen functional groups attached to an aromatic ring is 1. The quantitative estimate of drug-likeness (QED) is 0.820. The number of aryl methyl sites for hydroxylation is 1. The number of anilines is 1. The van der Waals surface area contributed by atoms with Crippen LogP contribution in [0.4, 0.5) is 5.95 Å². The summed E-state index contributed by atoms with van der Waals surface area (Å²) in [6.45, 7) is 2.65. The second kappa shape index (κ2) is 5.31. The van der Waals surface area contributed by atoms with Crippen LogP contribution in [0.1, 0.15) is 11.1 Å². The van der Waals surface area contributed by atoms with Crippen LogP contribution in [-0.4, -0.2) is 20.7 Å². The summed E-state index contributed by atoms with van der Waals surface area (Å²) in [6, 6.07) is 8.01. The number of nitrogens with one attached hydrogen (secondary N) is 1. The molecule has 0 atom stereocenters. The molecule has 0 aliphatic carbocycles. The van der Waals surface area contributed by atoms with Gasteiger partial charge in [-0.25, -0.2) is 9.67 Å². The highest BCUT2D eigenvalue weighted by atomic mass is 16.2. The van der Waals surface area contributed by atoms with Gasteiger partial charge in [-0.3, -0.25) is 4.79 Å². The summed E-state index contributed by atoms with van der Waals surface area (Å²) in [5, 5.41) is 6.65. The van der Waals surface area contributed by atoms with E-state index >= 15 is 0 Å². The molecule has 6 heteroatoms. The molecule has 0 saturated carbocycles. The van der Waals surface area contributed by atoms with E-state index in [4.69, 9.17) is 5.73 Å². The Hall–Kier alpha value is -2.37. The van der Waals surface area contributed by atoms with Crippen LogP contribution < -0.4 is 11.1 Å². The summed E-state index contributed by atoms with van der Waals surface area (Å²) >= 11 is 0. The van der Waals surface area contributed by atoms with Crippen molar-refractivity contribution in [3.63, 3.8) is 0 Å². The van der Waals surface area contributed by atoms with Crippen molar-refractivity contribution in [1.29, 1.82) is 0 Å². The summed E-state index contributed by atoms with van der Waals surface area (Å²) in [6.07, 6.45) is 1.43. The maximum absolute atomic E-state index is 11.6. The van der Waals surface area contributed by atoms with Crippen molar-refractivity contribution in [2.24, 2.45) is 0 Å². The molecule has 1 amide bonds. The van der Waals surface area contributed by atoms with Gasteiger partial charge in [0, 0.05) is 6.54 Å². The van der Waals surface area contributed by atoms with E-state index in [0.29, 0.717) is 6.54 Å². The Morgan fingerprint density at radius 2 is 2.11 bits per heavy atom. The molecule has 1 aromatic carbocycles. The van der Waals surface area contributed by atoms with Gasteiger partial charge in [-0.2, -0.15) is 0 Å². The first-order valence-corrected chi connectivity index (χ1v) is 5.60. The molecular formula is C12H15N5O. The average molecular weight is 245 g/mol. The fraction of sp³-hybridized carbons (Fsp3) is 0.250. The third kappa shape index (κ3) is 3.31. The van der Waals surface area contributed by atoms with Crippen molar-refractivity contribution in [1.82, 2.24) is 20.1 Å². The number of hydrogen-bond acceptors (Lipinski definition) is 4. The van der Waals surface area contributed by atoms with Crippen molar-refractivity contribution >= 4 is 11.9 Å².